The molecule has 0 spiro atoms. The van der Waals surface area contributed by atoms with Gasteiger partial charge in [-0.3, -0.25) is 0 Å². The maximum absolute atomic E-state index is 9.21. The molecule has 74 valence electrons. The van der Waals surface area contributed by atoms with Crippen molar-refractivity contribution in [3.8, 4) is 6.07 Å². The number of rotatable bonds is 1. The van der Waals surface area contributed by atoms with Crippen molar-refractivity contribution in [2.45, 2.75) is 6.92 Å². The van der Waals surface area contributed by atoms with E-state index < -0.39 is 0 Å². The van der Waals surface area contributed by atoms with Crippen LogP contribution in [0.4, 0.5) is 0 Å². The highest BCUT2D eigenvalue weighted by atomic mass is 32.2. The van der Waals surface area contributed by atoms with Crippen molar-refractivity contribution < 1.29 is 0 Å². The Kier molecular flexibility index (Phi) is 2.94. The molecule has 0 saturated heterocycles. The van der Waals surface area contributed by atoms with Crippen molar-refractivity contribution in [2.24, 2.45) is 0 Å². The minimum atomic E-state index is 0.798. The van der Waals surface area contributed by atoms with E-state index in [1.54, 1.807) is 11.8 Å². The number of hydrogen-bond donors (Lipinski definition) is 0. The summed E-state index contributed by atoms with van der Waals surface area (Å²) in [5, 5.41) is 9.21. The van der Waals surface area contributed by atoms with E-state index in [9.17, 15) is 5.26 Å². The molecule has 0 atom stereocenters. The van der Waals surface area contributed by atoms with E-state index in [0.717, 1.165) is 27.4 Å². The summed E-state index contributed by atoms with van der Waals surface area (Å²) in [6, 6.07) is 10.3. The standard InChI is InChI=1S/C13H11NS/c1-10-5-2-3-6-11(10)12(9-14)13-7-4-8-15-13/h2-7H,8H2,1H3. The van der Waals surface area contributed by atoms with Crippen molar-refractivity contribution in [3.05, 3.63) is 52.4 Å². The van der Waals surface area contributed by atoms with E-state index in [2.05, 4.69) is 12.1 Å². The predicted molar refractivity (Wildman–Crippen MR) is 65.3 cm³/mol. The van der Waals surface area contributed by atoms with Crippen molar-refractivity contribution in [1.29, 1.82) is 5.26 Å². The zero-order valence-corrected chi connectivity index (χ0v) is 9.34. The van der Waals surface area contributed by atoms with Gasteiger partial charge in [0.1, 0.15) is 6.07 Å². The molecule has 1 aromatic carbocycles. The van der Waals surface area contributed by atoms with Crippen LogP contribution >= 0.6 is 11.8 Å². The van der Waals surface area contributed by atoms with Gasteiger partial charge in [0, 0.05) is 10.7 Å². The third kappa shape index (κ3) is 1.98. The Labute approximate surface area is 94.1 Å². The van der Waals surface area contributed by atoms with Crippen molar-refractivity contribution in [1.82, 2.24) is 0 Å². The van der Waals surface area contributed by atoms with Gasteiger partial charge in [0.15, 0.2) is 0 Å². The molecule has 0 unspecified atom stereocenters. The molecule has 1 aromatic rings. The molecule has 0 N–H and O–H groups in total. The molecule has 1 nitrogen and oxygen atoms in total. The summed E-state index contributed by atoms with van der Waals surface area (Å²) in [6.45, 7) is 2.04. The second kappa shape index (κ2) is 4.37. The minimum Gasteiger partial charge on any atom is -0.192 e. The van der Waals surface area contributed by atoms with E-state index in [0.29, 0.717) is 0 Å². The number of hydrogen-bond acceptors (Lipinski definition) is 2. The molecule has 0 aliphatic carbocycles. The first-order valence-electron chi connectivity index (χ1n) is 4.82. The highest BCUT2D eigenvalue weighted by molar-refractivity contribution is 8.03. The second-order valence-corrected chi connectivity index (χ2v) is 4.44. The van der Waals surface area contributed by atoms with Crippen LogP contribution in [0.5, 0.6) is 0 Å². The van der Waals surface area contributed by atoms with E-state index in [4.69, 9.17) is 0 Å². The van der Waals surface area contributed by atoms with Crippen LogP contribution in [-0.2, 0) is 0 Å². The molecule has 0 amide bonds. The molecule has 2 heteroatoms. The van der Waals surface area contributed by atoms with Crippen molar-refractivity contribution in [2.75, 3.05) is 5.75 Å². The lowest BCUT2D eigenvalue weighted by atomic mass is 10.0. The average Bonchev–Trinajstić information content (AvgIpc) is 2.75. The molecule has 0 saturated carbocycles. The first kappa shape index (κ1) is 10.1. The lowest BCUT2D eigenvalue weighted by molar-refractivity contribution is 1.42. The van der Waals surface area contributed by atoms with Gasteiger partial charge < -0.3 is 0 Å². The SMILES string of the molecule is Cc1ccccc1C(C#N)=C1C=CCS1. The smallest absolute Gasteiger partial charge is 0.101 e. The number of thioether (sulfide) groups is 1. The van der Waals surface area contributed by atoms with E-state index in [1.807, 2.05) is 37.3 Å². The first-order chi connectivity index (χ1) is 7.33. The Morgan fingerprint density at radius 1 is 1.40 bits per heavy atom. The van der Waals surface area contributed by atoms with Gasteiger partial charge in [-0.1, -0.05) is 36.4 Å². The van der Waals surface area contributed by atoms with Gasteiger partial charge in [0.25, 0.3) is 0 Å². The van der Waals surface area contributed by atoms with E-state index in [-0.39, 0.29) is 0 Å². The van der Waals surface area contributed by atoms with Crippen molar-refractivity contribution in [3.63, 3.8) is 0 Å². The summed E-state index contributed by atoms with van der Waals surface area (Å²) in [5.74, 6) is 0.979. The molecular weight excluding hydrogens is 202 g/mol. The number of nitrogens with zero attached hydrogens (tertiary/aromatic N) is 1. The van der Waals surface area contributed by atoms with Crippen LogP contribution in [0.1, 0.15) is 11.1 Å². The quantitative estimate of drug-likeness (QED) is 0.666. The summed E-state index contributed by atoms with van der Waals surface area (Å²) in [7, 11) is 0. The fourth-order valence-corrected chi connectivity index (χ4v) is 2.46. The average molecular weight is 213 g/mol. The molecule has 0 radical (unpaired) electrons. The van der Waals surface area contributed by atoms with E-state index >= 15 is 0 Å². The van der Waals surface area contributed by atoms with Gasteiger partial charge in [-0.15, -0.1) is 11.8 Å². The van der Waals surface area contributed by atoms with Crippen LogP contribution in [-0.4, -0.2) is 5.75 Å². The zero-order valence-electron chi connectivity index (χ0n) is 8.53. The molecular formula is C13H11NS. The summed E-state index contributed by atoms with van der Waals surface area (Å²) in [4.78, 5) is 1.09. The Hall–Kier alpha value is -1.46. The van der Waals surface area contributed by atoms with Crippen molar-refractivity contribution >= 4 is 17.3 Å². The molecule has 0 fully saturated rings. The second-order valence-electron chi connectivity index (χ2n) is 3.38. The highest BCUT2D eigenvalue weighted by Crippen LogP contribution is 2.32. The number of aryl methyl sites for hydroxylation is 1. The lowest BCUT2D eigenvalue weighted by Crippen LogP contribution is -1.88. The predicted octanol–water partition coefficient (Wildman–Crippen LogP) is 3.53. The van der Waals surface area contributed by atoms with Crippen LogP contribution < -0.4 is 0 Å². The Morgan fingerprint density at radius 2 is 2.20 bits per heavy atom. The number of allylic oxidation sites excluding steroid dienone is 2. The molecule has 1 aliphatic heterocycles. The maximum atomic E-state index is 9.21. The molecule has 0 bridgehead atoms. The summed E-state index contributed by atoms with van der Waals surface area (Å²) < 4.78 is 0. The highest BCUT2D eigenvalue weighted by Gasteiger charge is 2.11. The molecule has 2 rings (SSSR count). The third-order valence-electron chi connectivity index (χ3n) is 2.38. The Bertz CT molecular complexity index is 478. The van der Waals surface area contributed by atoms with E-state index in [1.165, 1.54) is 0 Å². The first-order valence-corrected chi connectivity index (χ1v) is 5.81. The molecule has 15 heavy (non-hydrogen) atoms. The van der Waals surface area contributed by atoms with Gasteiger partial charge in [-0.2, -0.15) is 5.26 Å². The summed E-state index contributed by atoms with van der Waals surface area (Å²) >= 11 is 1.72. The fourth-order valence-electron chi connectivity index (χ4n) is 1.60. The number of nitriles is 1. The Balaban J connectivity index is 2.54. The monoisotopic (exact) mass is 213 g/mol. The van der Waals surface area contributed by atoms with Crippen LogP contribution in [0.2, 0.25) is 0 Å². The van der Waals surface area contributed by atoms with Gasteiger partial charge >= 0.3 is 0 Å². The van der Waals surface area contributed by atoms with Crippen LogP contribution in [0.15, 0.2) is 41.3 Å². The minimum absolute atomic E-state index is 0.798. The molecule has 0 aromatic heterocycles. The summed E-state index contributed by atoms with van der Waals surface area (Å²) in [5.41, 5.74) is 3.00. The van der Waals surface area contributed by atoms with Gasteiger partial charge in [0.2, 0.25) is 0 Å². The largest absolute Gasteiger partial charge is 0.192 e. The van der Waals surface area contributed by atoms with Crippen LogP contribution in [0, 0.1) is 18.3 Å². The zero-order chi connectivity index (χ0) is 10.7. The van der Waals surface area contributed by atoms with Gasteiger partial charge in [-0.05, 0) is 18.1 Å². The fraction of sp³-hybridized carbons (Fsp3) is 0.154. The topological polar surface area (TPSA) is 23.8 Å². The molecule has 1 heterocycles. The number of benzene rings is 1. The maximum Gasteiger partial charge on any atom is 0.101 e. The van der Waals surface area contributed by atoms with Crippen LogP contribution in [0.25, 0.3) is 5.57 Å². The summed E-state index contributed by atoms with van der Waals surface area (Å²) in [6.07, 6.45) is 4.13. The van der Waals surface area contributed by atoms with Gasteiger partial charge in [-0.25, -0.2) is 0 Å². The molecule has 1 aliphatic rings. The third-order valence-corrected chi connectivity index (χ3v) is 3.39. The lowest BCUT2D eigenvalue weighted by Gasteiger charge is -2.05. The Morgan fingerprint density at radius 3 is 2.80 bits per heavy atom. The van der Waals surface area contributed by atoms with Gasteiger partial charge in [0.05, 0.1) is 5.57 Å². The normalized spacial score (nSPS) is 17.6. The van der Waals surface area contributed by atoms with Crippen LogP contribution in [0.3, 0.4) is 0 Å².